The van der Waals surface area contributed by atoms with Gasteiger partial charge in [0.25, 0.3) is 0 Å². The summed E-state index contributed by atoms with van der Waals surface area (Å²) in [7, 11) is 1.83. The third-order valence-corrected chi connectivity index (χ3v) is 2.01. The Kier molecular flexibility index (Phi) is 1.40. The highest BCUT2D eigenvalue weighted by molar-refractivity contribution is 5.81. The van der Waals surface area contributed by atoms with Crippen molar-refractivity contribution in [1.29, 1.82) is 0 Å². The largest absolute Gasteiger partial charge is 0.275 e. The van der Waals surface area contributed by atoms with Crippen LogP contribution in [0.2, 0.25) is 0 Å². The fraction of sp³-hybridized carbons (Fsp3) is 0.222. The maximum absolute atomic E-state index is 13.0. The molecular weight excluding hydrogens is 155 g/mol. The Hall–Kier alpha value is -1.38. The molecule has 2 rings (SSSR count). The van der Waals surface area contributed by atoms with Gasteiger partial charge in [-0.2, -0.15) is 5.10 Å². The van der Waals surface area contributed by atoms with E-state index < -0.39 is 0 Å². The second-order valence-electron chi connectivity index (χ2n) is 2.91. The SMILES string of the molecule is Cc1c(F)ccc2nn(C)cc12. The highest BCUT2D eigenvalue weighted by Gasteiger charge is 2.04. The first kappa shape index (κ1) is 7.28. The Morgan fingerprint density at radius 3 is 2.92 bits per heavy atom. The van der Waals surface area contributed by atoms with Gasteiger partial charge in [0.15, 0.2) is 0 Å². The van der Waals surface area contributed by atoms with E-state index in [0.29, 0.717) is 5.56 Å². The lowest BCUT2D eigenvalue weighted by atomic mass is 10.1. The summed E-state index contributed by atoms with van der Waals surface area (Å²) in [6.45, 7) is 1.76. The number of aromatic nitrogens is 2. The number of halogens is 1. The highest BCUT2D eigenvalue weighted by Crippen LogP contribution is 2.18. The Labute approximate surface area is 69.6 Å². The van der Waals surface area contributed by atoms with Crippen LogP contribution in [0.4, 0.5) is 4.39 Å². The first-order valence-electron chi connectivity index (χ1n) is 3.77. The smallest absolute Gasteiger partial charge is 0.126 e. The van der Waals surface area contributed by atoms with Crippen LogP contribution in [0, 0.1) is 12.7 Å². The topological polar surface area (TPSA) is 17.8 Å². The van der Waals surface area contributed by atoms with Crippen LogP contribution in [0.5, 0.6) is 0 Å². The average molecular weight is 164 g/mol. The maximum atomic E-state index is 13.0. The number of fused-ring (bicyclic) bond motifs is 1. The molecule has 0 N–H and O–H groups in total. The standard InChI is InChI=1S/C9H9FN2/c1-6-7-5-12(2)11-9(7)4-3-8(6)10/h3-5H,1-2H3. The van der Waals surface area contributed by atoms with Gasteiger partial charge in [-0.1, -0.05) is 0 Å². The van der Waals surface area contributed by atoms with Crippen molar-refractivity contribution in [1.82, 2.24) is 9.78 Å². The van der Waals surface area contributed by atoms with E-state index in [1.807, 2.05) is 13.2 Å². The van der Waals surface area contributed by atoms with Crippen molar-refractivity contribution < 1.29 is 4.39 Å². The summed E-state index contributed by atoms with van der Waals surface area (Å²) in [5.74, 6) is -0.171. The molecular formula is C9H9FN2. The summed E-state index contributed by atoms with van der Waals surface area (Å²) in [4.78, 5) is 0. The molecule has 0 amide bonds. The summed E-state index contributed by atoms with van der Waals surface area (Å²) in [5, 5.41) is 5.05. The Balaban J connectivity index is 2.89. The molecule has 0 fully saturated rings. The Bertz CT molecular complexity index is 431. The average Bonchev–Trinajstić information content (AvgIpc) is 2.39. The highest BCUT2D eigenvalue weighted by atomic mass is 19.1. The lowest BCUT2D eigenvalue weighted by molar-refractivity contribution is 0.621. The van der Waals surface area contributed by atoms with Gasteiger partial charge in [0.1, 0.15) is 5.82 Å². The lowest BCUT2D eigenvalue weighted by Gasteiger charge is -1.94. The summed E-state index contributed by atoms with van der Waals surface area (Å²) in [6.07, 6.45) is 1.83. The minimum absolute atomic E-state index is 0.171. The van der Waals surface area contributed by atoms with Gasteiger partial charge >= 0.3 is 0 Å². The second kappa shape index (κ2) is 2.30. The number of rotatable bonds is 0. The maximum Gasteiger partial charge on any atom is 0.126 e. The molecule has 2 nitrogen and oxygen atoms in total. The molecule has 0 aliphatic rings. The molecule has 0 bridgehead atoms. The zero-order valence-electron chi connectivity index (χ0n) is 7.00. The Morgan fingerprint density at radius 2 is 2.17 bits per heavy atom. The van der Waals surface area contributed by atoms with Crippen molar-refractivity contribution in [2.24, 2.45) is 7.05 Å². The summed E-state index contributed by atoms with van der Waals surface area (Å²) in [5.41, 5.74) is 1.51. The normalized spacial score (nSPS) is 10.9. The molecule has 62 valence electrons. The molecule has 0 unspecified atom stereocenters. The van der Waals surface area contributed by atoms with Crippen LogP contribution < -0.4 is 0 Å². The minimum Gasteiger partial charge on any atom is -0.275 e. The molecule has 1 heterocycles. The molecule has 3 heteroatoms. The van der Waals surface area contributed by atoms with E-state index in [-0.39, 0.29) is 5.82 Å². The van der Waals surface area contributed by atoms with Crippen LogP contribution in [0.15, 0.2) is 18.3 Å². The zero-order valence-corrected chi connectivity index (χ0v) is 7.00. The number of hydrogen-bond acceptors (Lipinski definition) is 1. The van der Waals surface area contributed by atoms with Crippen LogP contribution in [0.3, 0.4) is 0 Å². The van der Waals surface area contributed by atoms with E-state index >= 15 is 0 Å². The molecule has 0 spiro atoms. The van der Waals surface area contributed by atoms with Gasteiger partial charge in [-0.3, -0.25) is 4.68 Å². The van der Waals surface area contributed by atoms with Gasteiger partial charge in [-0.15, -0.1) is 0 Å². The molecule has 0 aliphatic carbocycles. The minimum atomic E-state index is -0.171. The van der Waals surface area contributed by atoms with Crippen molar-refractivity contribution in [3.63, 3.8) is 0 Å². The van der Waals surface area contributed by atoms with Gasteiger partial charge in [0, 0.05) is 18.6 Å². The quantitative estimate of drug-likeness (QED) is 0.582. The van der Waals surface area contributed by atoms with E-state index in [1.54, 1.807) is 17.7 Å². The predicted molar refractivity (Wildman–Crippen MR) is 45.4 cm³/mol. The van der Waals surface area contributed by atoms with Crippen molar-refractivity contribution in [3.8, 4) is 0 Å². The molecule has 1 aromatic carbocycles. The van der Waals surface area contributed by atoms with E-state index in [2.05, 4.69) is 5.10 Å². The van der Waals surface area contributed by atoms with Crippen molar-refractivity contribution >= 4 is 10.9 Å². The third kappa shape index (κ3) is 0.897. The first-order chi connectivity index (χ1) is 5.68. The summed E-state index contributed by atoms with van der Waals surface area (Å²) >= 11 is 0. The van der Waals surface area contributed by atoms with E-state index in [9.17, 15) is 4.39 Å². The molecule has 0 saturated carbocycles. The molecule has 12 heavy (non-hydrogen) atoms. The van der Waals surface area contributed by atoms with Crippen LogP contribution in [0.25, 0.3) is 10.9 Å². The summed E-state index contributed by atoms with van der Waals surface area (Å²) < 4.78 is 14.7. The number of nitrogens with zero attached hydrogens (tertiary/aromatic N) is 2. The number of benzene rings is 1. The van der Waals surface area contributed by atoms with Gasteiger partial charge in [-0.05, 0) is 24.6 Å². The monoisotopic (exact) mass is 164 g/mol. The van der Waals surface area contributed by atoms with Gasteiger partial charge in [0.05, 0.1) is 5.52 Å². The van der Waals surface area contributed by atoms with Crippen LogP contribution in [-0.2, 0) is 7.05 Å². The zero-order chi connectivity index (χ0) is 8.72. The molecule has 0 saturated heterocycles. The molecule has 2 aromatic rings. The third-order valence-electron chi connectivity index (χ3n) is 2.01. The number of hydrogen-bond donors (Lipinski definition) is 0. The van der Waals surface area contributed by atoms with E-state index in [4.69, 9.17) is 0 Å². The van der Waals surface area contributed by atoms with E-state index in [1.165, 1.54) is 6.07 Å². The first-order valence-corrected chi connectivity index (χ1v) is 3.77. The van der Waals surface area contributed by atoms with Crippen LogP contribution in [0.1, 0.15) is 5.56 Å². The number of aryl methyl sites for hydroxylation is 2. The summed E-state index contributed by atoms with van der Waals surface area (Å²) in [6, 6.07) is 3.14. The van der Waals surface area contributed by atoms with Crippen LogP contribution in [-0.4, -0.2) is 9.78 Å². The van der Waals surface area contributed by atoms with Crippen molar-refractivity contribution in [2.45, 2.75) is 6.92 Å². The van der Waals surface area contributed by atoms with Gasteiger partial charge in [0.2, 0.25) is 0 Å². The van der Waals surface area contributed by atoms with Gasteiger partial charge < -0.3 is 0 Å². The van der Waals surface area contributed by atoms with Crippen molar-refractivity contribution in [2.75, 3.05) is 0 Å². The molecule has 0 atom stereocenters. The fourth-order valence-electron chi connectivity index (χ4n) is 1.32. The fourth-order valence-corrected chi connectivity index (χ4v) is 1.32. The van der Waals surface area contributed by atoms with E-state index in [0.717, 1.165) is 10.9 Å². The molecule has 0 aliphatic heterocycles. The second-order valence-corrected chi connectivity index (χ2v) is 2.91. The van der Waals surface area contributed by atoms with Gasteiger partial charge in [-0.25, -0.2) is 4.39 Å². The predicted octanol–water partition coefficient (Wildman–Crippen LogP) is 2.02. The lowest BCUT2D eigenvalue weighted by Crippen LogP contribution is -1.84. The molecule has 1 aromatic heterocycles. The van der Waals surface area contributed by atoms with Crippen molar-refractivity contribution in [3.05, 3.63) is 29.7 Å². The Morgan fingerprint density at radius 1 is 1.42 bits per heavy atom. The molecule has 0 radical (unpaired) electrons. The van der Waals surface area contributed by atoms with Crippen LogP contribution >= 0.6 is 0 Å².